The molecule has 1 amide bonds. The number of methoxy groups -OCH3 is 2. The number of likely N-dealkylation sites (tertiary alicyclic amines) is 1. The van der Waals surface area contributed by atoms with Crippen molar-refractivity contribution in [1.29, 1.82) is 0 Å². The number of nitrogens with zero attached hydrogens (tertiary/aromatic N) is 2. The topological polar surface area (TPSA) is 97.8 Å². The second-order valence-electron chi connectivity index (χ2n) is 8.33. The van der Waals surface area contributed by atoms with Crippen LogP contribution in [0.2, 0.25) is 0 Å². The molecule has 0 aromatic heterocycles. The van der Waals surface area contributed by atoms with Gasteiger partial charge in [-0.3, -0.25) is 9.59 Å². The maximum absolute atomic E-state index is 13.2. The van der Waals surface area contributed by atoms with E-state index in [9.17, 15) is 14.7 Å². The number of Topliss-reactive ketones (excluding diaryl/α,β-unsaturated/α-hetero) is 1. The fraction of sp³-hybridized carbons (Fsp3) is 0.360. The standard InChI is InChI=1S/C25H28N2O7/c1-26(2)10-5-11-27-22(15-6-8-17(31-3)19(12-15)32-4)21(24(29)25(27)30)23(28)16-7-9-18-20(13-16)34-14-33-18/h6-9,12-13,22,28H,5,10-11,14H2,1-4H3/b23-21+. The number of fused-ring (bicyclic) bond motifs is 1. The highest BCUT2D eigenvalue weighted by Crippen LogP contribution is 2.43. The van der Waals surface area contributed by atoms with Gasteiger partial charge >= 0.3 is 0 Å². The zero-order valence-corrected chi connectivity index (χ0v) is 19.7. The molecule has 1 unspecified atom stereocenters. The monoisotopic (exact) mass is 468 g/mol. The Morgan fingerprint density at radius 1 is 1.06 bits per heavy atom. The van der Waals surface area contributed by atoms with Crippen molar-refractivity contribution < 1.29 is 33.6 Å². The second-order valence-corrected chi connectivity index (χ2v) is 8.33. The van der Waals surface area contributed by atoms with Crippen molar-refractivity contribution >= 4 is 17.4 Å². The first kappa shape index (κ1) is 23.4. The van der Waals surface area contributed by atoms with Gasteiger partial charge in [0.1, 0.15) is 5.76 Å². The third-order valence-electron chi connectivity index (χ3n) is 5.91. The van der Waals surface area contributed by atoms with Crippen LogP contribution in [0.5, 0.6) is 23.0 Å². The van der Waals surface area contributed by atoms with Gasteiger partial charge in [-0.25, -0.2) is 0 Å². The minimum atomic E-state index is -0.785. The van der Waals surface area contributed by atoms with Crippen molar-refractivity contribution in [2.45, 2.75) is 12.5 Å². The van der Waals surface area contributed by atoms with Gasteiger partial charge in [-0.15, -0.1) is 0 Å². The number of carbonyl (C=O) groups is 2. The summed E-state index contributed by atoms with van der Waals surface area (Å²) in [5.41, 5.74) is 1.01. The fourth-order valence-corrected chi connectivity index (χ4v) is 4.24. The first-order valence-corrected chi connectivity index (χ1v) is 10.9. The number of ketones is 1. The van der Waals surface area contributed by atoms with E-state index >= 15 is 0 Å². The Bertz CT molecular complexity index is 1140. The van der Waals surface area contributed by atoms with E-state index in [2.05, 4.69) is 0 Å². The normalized spacial score (nSPS) is 18.6. The molecule has 34 heavy (non-hydrogen) atoms. The Labute approximate surface area is 198 Å². The van der Waals surface area contributed by atoms with E-state index in [0.717, 1.165) is 6.54 Å². The third-order valence-corrected chi connectivity index (χ3v) is 5.91. The van der Waals surface area contributed by atoms with Crippen molar-refractivity contribution in [1.82, 2.24) is 9.80 Å². The summed E-state index contributed by atoms with van der Waals surface area (Å²) in [5.74, 6) is 0.338. The molecule has 0 spiro atoms. The van der Waals surface area contributed by atoms with Gasteiger partial charge in [-0.2, -0.15) is 0 Å². The number of aliphatic hydroxyl groups excluding tert-OH is 1. The maximum atomic E-state index is 13.2. The smallest absolute Gasteiger partial charge is 0.295 e. The van der Waals surface area contributed by atoms with E-state index in [-0.39, 0.29) is 18.1 Å². The highest BCUT2D eigenvalue weighted by atomic mass is 16.7. The minimum absolute atomic E-state index is 0.0148. The molecule has 2 aliphatic rings. The Morgan fingerprint density at radius 3 is 2.50 bits per heavy atom. The van der Waals surface area contributed by atoms with Gasteiger partial charge in [-0.05, 0) is 63.0 Å². The first-order valence-electron chi connectivity index (χ1n) is 10.9. The van der Waals surface area contributed by atoms with E-state index < -0.39 is 17.7 Å². The molecule has 2 aromatic rings. The number of hydrogen-bond donors (Lipinski definition) is 1. The third kappa shape index (κ3) is 4.26. The maximum Gasteiger partial charge on any atom is 0.295 e. The number of hydrogen-bond acceptors (Lipinski definition) is 8. The van der Waals surface area contributed by atoms with E-state index in [1.54, 1.807) is 36.4 Å². The van der Waals surface area contributed by atoms with Crippen LogP contribution in [0.4, 0.5) is 0 Å². The Balaban J connectivity index is 1.82. The zero-order valence-electron chi connectivity index (χ0n) is 19.7. The molecule has 0 bridgehead atoms. The van der Waals surface area contributed by atoms with Crippen molar-refractivity contribution in [3.8, 4) is 23.0 Å². The molecule has 4 rings (SSSR count). The lowest BCUT2D eigenvalue weighted by Crippen LogP contribution is -2.32. The summed E-state index contributed by atoms with van der Waals surface area (Å²) in [6.07, 6.45) is 0.661. The molecule has 0 radical (unpaired) electrons. The Morgan fingerprint density at radius 2 is 1.79 bits per heavy atom. The molecule has 2 aliphatic heterocycles. The van der Waals surface area contributed by atoms with Crippen molar-refractivity contribution in [3.05, 3.63) is 53.1 Å². The lowest BCUT2D eigenvalue weighted by atomic mass is 9.94. The van der Waals surface area contributed by atoms with E-state index in [4.69, 9.17) is 18.9 Å². The number of ether oxygens (including phenoxy) is 4. The number of benzene rings is 2. The molecule has 2 heterocycles. The fourth-order valence-electron chi connectivity index (χ4n) is 4.24. The van der Waals surface area contributed by atoms with Gasteiger partial charge in [0.15, 0.2) is 23.0 Å². The molecule has 180 valence electrons. The van der Waals surface area contributed by atoms with Crippen LogP contribution in [0.15, 0.2) is 42.0 Å². The van der Waals surface area contributed by atoms with Crippen molar-refractivity contribution in [2.75, 3.05) is 48.2 Å². The summed E-state index contributed by atoms with van der Waals surface area (Å²) < 4.78 is 21.5. The van der Waals surface area contributed by atoms with Crippen molar-refractivity contribution in [3.63, 3.8) is 0 Å². The molecule has 1 saturated heterocycles. The van der Waals surface area contributed by atoms with Crippen LogP contribution in [0.3, 0.4) is 0 Å². The van der Waals surface area contributed by atoms with E-state index in [1.165, 1.54) is 19.1 Å². The van der Waals surface area contributed by atoms with Gasteiger partial charge in [0.2, 0.25) is 6.79 Å². The van der Waals surface area contributed by atoms with Crippen LogP contribution < -0.4 is 18.9 Å². The summed E-state index contributed by atoms with van der Waals surface area (Å²) in [5, 5.41) is 11.2. The molecule has 1 N–H and O–H groups in total. The molecule has 9 nitrogen and oxygen atoms in total. The molecule has 2 aromatic carbocycles. The Hall–Kier alpha value is -3.72. The highest BCUT2D eigenvalue weighted by Gasteiger charge is 2.46. The summed E-state index contributed by atoms with van der Waals surface area (Å²) in [6, 6.07) is 9.32. The largest absolute Gasteiger partial charge is 0.507 e. The number of amides is 1. The van der Waals surface area contributed by atoms with Crippen LogP contribution in [-0.4, -0.2) is 74.8 Å². The lowest BCUT2D eigenvalue weighted by molar-refractivity contribution is -0.139. The Kier molecular flexibility index (Phi) is 6.65. The second kappa shape index (κ2) is 9.64. The quantitative estimate of drug-likeness (QED) is 0.359. The molecule has 9 heteroatoms. The predicted molar refractivity (Wildman–Crippen MR) is 124 cm³/mol. The van der Waals surface area contributed by atoms with Crippen LogP contribution in [0, 0.1) is 0 Å². The van der Waals surface area contributed by atoms with Crippen LogP contribution in [-0.2, 0) is 9.59 Å². The number of carbonyl (C=O) groups excluding carboxylic acids is 2. The summed E-state index contributed by atoms with van der Waals surface area (Å²) in [7, 11) is 6.94. The van der Waals surface area contributed by atoms with Gasteiger partial charge in [0.25, 0.3) is 11.7 Å². The van der Waals surface area contributed by atoms with Gasteiger partial charge in [0.05, 0.1) is 25.8 Å². The van der Waals surface area contributed by atoms with E-state index in [0.29, 0.717) is 47.1 Å². The molecule has 1 fully saturated rings. The van der Waals surface area contributed by atoms with Crippen LogP contribution in [0.25, 0.3) is 5.76 Å². The van der Waals surface area contributed by atoms with Crippen LogP contribution in [0.1, 0.15) is 23.6 Å². The SMILES string of the molecule is COc1ccc(C2/C(=C(\O)c3ccc4c(c3)OCO4)C(=O)C(=O)N2CCCN(C)C)cc1OC. The highest BCUT2D eigenvalue weighted by molar-refractivity contribution is 6.46. The van der Waals surface area contributed by atoms with Gasteiger partial charge < -0.3 is 33.9 Å². The van der Waals surface area contributed by atoms with Crippen LogP contribution >= 0.6 is 0 Å². The molecular weight excluding hydrogens is 440 g/mol. The predicted octanol–water partition coefficient (Wildman–Crippen LogP) is 2.81. The number of rotatable bonds is 8. The molecular formula is C25H28N2O7. The van der Waals surface area contributed by atoms with E-state index in [1.807, 2.05) is 19.0 Å². The summed E-state index contributed by atoms with van der Waals surface area (Å²) >= 11 is 0. The zero-order chi connectivity index (χ0) is 24.4. The average molecular weight is 469 g/mol. The van der Waals surface area contributed by atoms with Gasteiger partial charge in [0, 0.05) is 12.1 Å². The number of aliphatic hydroxyl groups is 1. The molecule has 0 saturated carbocycles. The lowest BCUT2D eigenvalue weighted by Gasteiger charge is -2.26. The first-order chi connectivity index (χ1) is 16.3. The molecule has 0 aliphatic carbocycles. The minimum Gasteiger partial charge on any atom is -0.507 e. The van der Waals surface area contributed by atoms with Crippen molar-refractivity contribution in [2.24, 2.45) is 0 Å². The van der Waals surface area contributed by atoms with Gasteiger partial charge in [-0.1, -0.05) is 6.07 Å². The molecule has 1 atom stereocenters. The summed E-state index contributed by atoms with van der Waals surface area (Å²) in [6.45, 7) is 1.17. The average Bonchev–Trinajstić information content (AvgIpc) is 3.40. The summed E-state index contributed by atoms with van der Waals surface area (Å²) in [4.78, 5) is 29.8.